The topological polar surface area (TPSA) is 104 Å². The first-order valence-corrected chi connectivity index (χ1v) is 7.56. The second kappa shape index (κ2) is 7.10. The molecule has 3 rings (SSSR count). The van der Waals surface area contributed by atoms with Gasteiger partial charge in [0, 0.05) is 13.2 Å². The fourth-order valence-corrected chi connectivity index (χ4v) is 2.19. The highest BCUT2D eigenvalue weighted by molar-refractivity contribution is 5.61. The highest BCUT2D eigenvalue weighted by atomic mass is 19.1. The minimum Gasteiger partial charge on any atom is -0.359 e. The molecule has 0 aromatic carbocycles. The average Bonchev–Trinajstić information content (AvgIpc) is 3.03. The fraction of sp³-hybridized carbons (Fsp3) is 0.188. The van der Waals surface area contributed by atoms with Crippen molar-refractivity contribution >= 4 is 17.5 Å². The Hall–Kier alpha value is -3.61. The van der Waals surface area contributed by atoms with Gasteiger partial charge in [0.05, 0.1) is 30.3 Å². The molecule has 0 saturated heterocycles. The van der Waals surface area contributed by atoms with Crippen molar-refractivity contribution in [1.29, 1.82) is 5.26 Å². The van der Waals surface area contributed by atoms with Gasteiger partial charge >= 0.3 is 0 Å². The molecule has 0 amide bonds. The number of anilines is 3. The Kier molecular flexibility index (Phi) is 4.70. The van der Waals surface area contributed by atoms with E-state index in [2.05, 4.69) is 30.6 Å². The van der Waals surface area contributed by atoms with Gasteiger partial charge in [-0.3, -0.25) is 0 Å². The number of nitriles is 1. The summed E-state index contributed by atoms with van der Waals surface area (Å²) >= 11 is 0. The Morgan fingerprint density at radius 2 is 1.92 bits per heavy atom. The number of hydrogen-bond acceptors (Lipinski definition) is 7. The number of pyridine rings is 1. The molecule has 1 atom stereocenters. The third-order valence-electron chi connectivity index (χ3n) is 3.43. The van der Waals surface area contributed by atoms with E-state index in [1.54, 1.807) is 31.1 Å². The SMILES string of the molecule is CC(Nc1nc(Nc2cn(C)cn2)c(F)cc1C#N)c1ncc(F)cn1. The van der Waals surface area contributed by atoms with E-state index in [0.29, 0.717) is 11.6 Å². The van der Waals surface area contributed by atoms with Gasteiger partial charge in [0.25, 0.3) is 0 Å². The lowest BCUT2D eigenvalue weighted by Gasteiger charge is -2.15. The van der Waals surface area contributed by atoms with Crippen molar-refractivity contribution in [2.45, 2.75) is 13.0 Å². The van der Waals surface area contributed by atoms with Gasteiger partial charge in [-0.2, -0.15) is 5.26 Å². The molecule has 26 heavy (non-hydrogen) atoms. The van der Waals surface area contributed by atoms with Crippen LogP contribution < -0.4 is 10.6 Å². The first-order valence-electron chi connectivity index (χ1n) is 7.56. The van der Waals surface area contributed by atoms with Crippen molar-refractivity contribution in [2.75, 3.05) is 10.6 Å². The van der Waals surface area contributed by atoms with Gasteiger partial charge in [-0.25, -0.2) is 28.7 Å². The maximum absolute atomic E-state index is 14.2. The predicted molar refractivity (Wildman–Crippen MR) is 89.4 cm³/mol. The largest absolute Gasteiger partial charge is 0.359 e. The molecule has 10 heteroatoms. The van der Waals surface area contributed by atoms with Crippen molar-refractivity contribution in [3.05, 3.63) is 54.0 Å². The average molecular weight is 356 g/mol. The first-order chi connectivity index (χ1) is 12.5. The lowest BCUT2D eigenvalue weighted by molar-refractivity contribution is 0.604. The highest BCUT2D eigenvalue weighted by Gasteiger charge is 2.16. The molecule has 0 bridgehead atoms. The maximum Gasteiger partial charge on any atom is 0.170 e. The van der Waals surface area contributed by atoms with E-state index in [1.807, 2.05) is 6.07 Å². The van der Waals surface area contributed by atoms with Crippen LogP contribution >= 0.6 is 0 Å². The first kappa shape index (κ1) is 17.2. The second-order valence-electron chi connectivity index (χ2n) is 5.50. The minimum absolute atomic E-state index is 0.0167. The summed E-state index contributed by atoms with van der Waals surface area (Å²) in [5.74, 6) is -0.473. The van der Waals surface area contributed by atoms with Crippen LogP contribution in [0.3, 0.4) is 0 Å². The normalized spacial score (nSPS) is 11.7. The molecule has 0 saturated carbocycles. The van der Waals surface area contributed by atoms with Gasteiger partial charge in [0.15, 0.2) is 17.5 Å². The molecular formula is C16H14F2N8. The van der Waals surface area contributed by atoms with Crippen molar-refractivity contribution < 1.29 is 8.78 Å². The molecule has 1 unspecified atom stereocenters. The van der Waals surface area contributed by atoms with Crippen LogP contribution in [-0.4, -0.2) is 24.5 Å². The lowest BCUT2D eigenvalue weighted by Crippen LogP contribution is -2.14. The summed E-state index contributed by atoms with van der Waals surface area (Å²) < 4.78 is 28.8. The Morgan fingerprint density at radius 1 is 1.19 bits per heavy atom. The van der Waals surface area contributed by atoms with E-state index in [-0.39, 0.29) is 17.2 Å². The highest BCUT2D eigenvalue weighted by Crippen LogP contribution is 2.25. The molecule has 0 aliphatic heterocycles. The quantitative estimate of drug-likeness (QED) is 0.724. The summed E-state index contributed by atoms with van der Waals surface area (Å²) in [6, 6.07) is 2.47. The minimum atomic E-state index is -0.691. The van der Waals surface area contributed by atoms with Crippen LogP contribution in [0.25, 0.3) is 0 Å². The van der Waals surface area contributed by atoms with Crippen molar-refractivity contribution in [2.24, 2.45) is 7.05 Å². The lowest BCUT2D eigenvalue weighted by atomic mass is 10.2. The maximum atomic E-state index is 14.2. The summed E-state index contributed by atoms with van der Waals surface area (Å²) in [4.78, 5) is 15.9. The van der Waals surface area contributed by atoms with Crippen molar-refractivity contribution in [3.63, 3.8) is 0 Å². The van der Waals surface area contributed by atoms with Crippen LogP contribution in [0.5, 0.6) is 0 Å². The molecule has 0 aliphatic rings. The summed E-state index contributed by atoms with van der Waals surface area (Å²) in [5.41, 5.74) is 0.0167. The predicted octanol–water partition coefficient (Wildman–Crippen LogP) is 2.67. The zero-order valence-electron chi connectivity index (χ0n) is 13.9. The van der Waals surface area contributed by atoms with Gasteiger partial charge in [0.1, 0.15) is 23.5 Å². The van der Waals surface area contributed by atoms with E-state index in [9.17, 15) is 14.0 Å². The van der Waals surface area contributed by atoms with E-state index in [4.69, 9.17) is 0 Å². The molecule has 8 nitrogen and oxygen atoms in total. The molecule has 132 valence electrons. The number of aromatic nitrogens is 5. The van der Waals surface area contributed by atoms with Crippen LogP contribution in [-0.2, 0) is 7.05 Å². The van der Waals surface area contributed by atoms with Gasteiger partial charge in [-0.15, -0.1) is 0 Å². The van der Waals surface area contributed by atoms with Gasteiger partial charge in [-0.05, 0) is 13.0 Å². The Bertz CT molecular complexity index is 961. The number of nitrogens with zero attached hydrogens (tertiary/aromatic N) is 6. The van der Waals surface area contributed by atoms with E-state index in [0.717, 1.165) is 18.5 Å². The molecule has 0 fully saturated rings. The third kappa shape index (κ3) is 3.72. The number of hydrogen-bond donors (Lipinski definition) is 2. The summed E-state index contributed by atoms with van der Waals surface area (Å²) in [7, 11) is 1.78. The molecule has 3 aromatic rings. The molecule has 2 N–H and O–H groups in total. The number of imidazole rings is 1. The fourth-order valence-electron chi connectivity index (χ4n) is 2.19. The van der Waals surface area contributed by atoms with Crippen LogP contribution in [0.1, 0.15) is 24.4 Å². The zero-order chi connectivity index (χ0) is 18.7. The van der Waals surface area contributed by atoms with Gasteiger partial charge in [-0.1, -0.05) is 0 Å². The molecule has 3 aromatic heterocycles. The standard InChI is InChI=1S/C16H14F2N8/c1-9(14-20-5-11(17)6-21-14)23-15-10(4-19)3-12(18)16(25-15)24-13-7-26(2)8-22-13/h3,5-9H,1-2H3,(H2,23,24,25). The van der Waals surface area contributed by atoms with Crippen molar-refractivity contribution in [1.82, 2.24) is 24.5 Å². The monoisotopic (exact) mass is 356 g/mol. The summed E-state index contributed by atoms with van der Waals surface area (Å²) in [6.07, 6.45) is 5.29. The summed E-state index contributed by atoms with van der Waals surface area (Å²) in [6.45, 7) is 1.71. The van der Waals surface area contributed by atoms with Crippen molar-refractivity contribution in [3.8, 4) is 6.07 Å². The summed E-state index contributed by atoms with van der Waals surface area (Å²) in [5, 5.41) is 14.9. The number of rotatable bonds is 5. The third-order valence-corrected chi connectivity index (χ3v) is 3.43. The Labute approximate surface area is 147 Å². The number of halogens is 2. The molecule has 0 radical (unpaired) electrons. The van der Waals surface area contributed by atoms with Gasteiger partial charge < -0.3 is 15.2 Å². The molecule has 3 heterocycles. The Morgan fingerprint density at radius 3 is 2.54 bits per heavy atom. The van der Waals surface area contributed by atoms with Crippen LogP contribution in [0.4, 0.5) is 26.2 Å². The van der Waals surface area contributed by atoms with E-state index in [1.165, 1.54) is 0 Å². The van der Waals surface area contributed by atoms with Crippen LogP contribution in [0, 0.1) is 23.0 Å². The van der Waals surface area contributed by atoms with E-state index >= 15 is 0 Å². The molecular weight excluding hydrogens is 342 g/mol. The molecule has 0 spiro atoms. The Balaban J connectivity index is 1.88. The van der Waals surface area contributed by atoms with E-state index < -0.39 is 17.7 Å². The number of aryl methyl sites for hydroxylation is 1. The van der Waals surface area contributed by atoms with Crippen LogP contribution in [0.15, 0.2) is 31.0 Å². The molecule has 0 aliphatic carbocycles. The number of nitrogens with one attached hydrogen (secondary N) is 2. The van der Waals surface area contributed by atoms with Crippen LogP contribution in [0.2, 0.25) is 0 Å². The zero-order valence-corrected chi connectivity index (χ0v) is 13.9. The smallest absolute Gasteiger partial charge is 0.170 e. The van der Waals surface area contributed by atoms with Gasteiger partial charge in [0.2, 0.25) is 0 Å². The second-order valence-corrected chi connectivity index (χ2v) is 5.50.